The van der Waals surface area contributed by atoms with E-state index in [-0.39, 0.29) is 34.9 Å². The first-order valence-electron chi connectivity index (χ1n) is 9.39. The maximum absolute atomic E-state index is 12.8. The summed E-state index contributed by atoms with van der Waals surface area (Å²) in [4.78, 5) is 44.8. The maximum Gasteiger partial charge on any atom is 0.339 e. The van der Waals surface area contributed by atoms with Crippen molar-refractivity contribution in [1.29, 1.82) is 0 Å². The summed E-state index contributed by atoms with van der Waals surface area (Å²) in [6.07, 6.45) is 0. The van der Waals surface area contributed by atoms with Crippen LogP contribution in [0.25, 0.3) is 10.9 Å². The summed E-state index contributed by atoms with van der Waals surface area (Å²) in [6, 6.07) is 20.5. The third-order valence-electron chi connectivity index (χ3n) is 4.75. The third-order valence-corrected chi connectivity index (χ3v) is 4.75. The lowest BCUT2D eigenvalue weighted by molar-refractivity contribution is 0.0460. The number of carbonyl (C=O) groups excluding carboxylic acids is 2. The number of ketones is 1. The molecule has 0 atom stereocenters. The predicted octanol–water partition coefficient (Wildman–Crippen LogP) is 3.82. The van der Waals surface area contributed by atoms with Gasteiger partial charge in [-0.05, 0) is 24.6 Å². The number of aryl methyl sites for hydroxylation is 1. The molecular weight excluding hydrogens is 380 g/mol. The molecule has 4 rings (SSSR count). The van der Waals surface area contributed by atoms with E-state index in [9.17, 15) is 14.4 Å². The van der Waals surface area contributed by atoms with Gasteiger partial charge in [0, 0.05) is 11.1 Å². The molecule has 0 saturated carbocycles. The molecule has 6 heteroatoms. The van der Waals surface area contributed by atoms with Gasteiger partial charge in [-0.3, -0.25) is 9.59 Å². The minimum absolute atomic E-state index is 0.158. The zero-order valence-corrected chi connectivity index (χ0v) is 16.2. The van der Waals surface area contributed by atoms with Gasteiger partial charge in [-0.15, -0.1) is 0 Å². The highest BCUT2D eigenvalue weighted by Gasteiger charge is 2.19. The fraction of sp³-hybridized carbons (Fsp3) is 0.0833. The summed E-state index contributed by atoms with van der Waals surface area (Å²) in [5.74, 6) is -0.694. The number of carbonyl (C=O) groups is 2. The number of benzene rings is 3. The first-order valence-corrected chi connectivity index (χ1v) is 9.39. The quantitative estimate of drug-likeness (QED) is 0.408. The molecule has 0 fully saturated rings. The van der Waals surface area contributed by atoms with Crippen LogP contribution in [0, 0.1) is 6.92 Å². The lowest BCUT2D eigenvalue weighted by Crippen LogP contribution is -2.16. The van der Waals surface area contributed by atoms with E-state index in [1.54, 1.807) is 60.7 Å². The van der Waals surface area contributed by atoms with Crippen LogP contribution in [0.15, 0.2) is 77.6 Å². The topological polar surface area (TPSA) is 89.1 Å². The monoisotopic (exact) mass is 398 g/mol. The lowest BCUT2D eigenvalue weighted by atomic mass is 9.98. The summed E-state index contributed by atoms with van der Waals surface area (Å²) < 4.78 is 5.36. The molecule has 3 aromatic carbocycles. The molecule has 0 spiro atoms. The van der Waals surface area contributed by atoms with Gasteiger partial charge >= 0.3 is 5.97 Å². The summed E-state index contributed by atoms with van der Waals surface area (Å²) in [6.45, 7) is 1.64. The Morgan fingerprint density at radius 1 is 0.900 bits per heavy atom. The van der Waals surface area contributed by atoms with Gasteiger partial charge in [-0.2, -0.15) is 0 Å². The second-order valence-electron chi connectivity index (χ2n) is 6.80. The number of aromatic amines is 1. The van der Waals surface area contributed by atoms with Crippen molar-refractivity contribution in [2.24, 2.45) is 0 Å². The van der Waals surface area contributed by atoms with Crippen molar-refractivity contribution >= 4 is 22.7 Å². The number of hydrogen-bond acceptors (Lipinski definition) is 5. The Morgan fingerprint density at radius 2 is 1.60 bits per heavy atom. The summed E-state index contributed by atoms with van der Waals surface area (Å²) in [5, 5.41) is 0.476. The average molecular weight is 398 g/mol. The van der Waals surface area contributed by atoms with Gasteiger partial charge in [0.1, 0.15) is 12.4 Å². The van der Waals surface area contributed by atoms with Gasteiger partial charge in [0.05, 0.1) is 16.5 Å². The molecule has 0 unspecified atom stereocenters. The zero-order valence-electron chi connectivity index (χ0n) is 16.2. The number of hydrogen-bond donors (Lipinski definition) is 1. The third kappa shape index (κ3) is 3.75. The van der Waals surface area contributed by atoms with Gasteiger partial charge in [0.2, 0.25) is 0 Å². The number of rotatable bonds is 5. The van der Waals surface area contributed by atoms with Crippen LogP contribution < -0.4 is 5.56 Å². The molecule has 0 saturated heterocycles. The number of ether oxygens (including phenoxy) is 1. The van der Waals surface area contributed by atoms with Crippen LogP contribution in [0.1, 0.15) is 37.7 Å². The Morgan fingerprint density at radius 3 is 2.37 bits per heavy atom. The fourth-order valence-corrected chi connectivity index (χ4v) is 3.24. The highest BCUT2D eigenvalue weighted by Crippen LogP contribution is 2.17. The van der Waals surface area contributed by atoms with E-state index in [2.05, 4.69) is 9.97 Å². The summed E-state index contributed by atoms with van der Waals surface area (Å²) in [7, 11) is 0. The van der Waals surface area contributed by atoms with Gasteiger partial charge < -0.3 is 9.72 Å². The van der Waals surface area contributed by atoms with Crippen LogP contribution in [0.2, 0.25) is 0 Å². The van der Waals surface area contributed by atoms with Gasteiger partial charge in [0.15, 0.2) is 5.78 Å². The number of aromatic nitrogens is 2. The number of nitrogens with one attached hydrogen (secondary N) is 1. The number of nitrogens with zero attached hydrogens (tertiary/aromatic N) is 1. The van der Waals surface area contributed by atoms with Crippen molar-refractivity contribution in [2.75, 3.05) is 0 Å². The molecule has 0 aliphatic carbocycles. The zero-order chi connectivity index (χ0) is 21.1. The molecule has 0 amide bonds. The van der Waals surface area contributed by atoms with Crippen LogP contribution in [-0.2, 0) is 11.3 Å². The van der Waals surface area contributed by atoms with Gasteiger partial charge in [-0.1, -0.05) is 60.7 Å². The Kier molecular flexibility index (Phi) is 5.22. The van der Waals surface area contributed by atoms with E-state index in [1.807, 2.05) is 19.1 Å². The summed E-state index contributed by atoms with van der Waals surface area (Å²) in [5.41, 5.74) is 2.01. The van der Waals surface area contributed by atoms with Crippen LogP contribution in [0.4, 0.5) is 0 Å². The van der Waals surface area contributed by atoms with Crippen LogP contribution in [0.5, 0.6) is 0 Å². The Bertz CT molecular complexity index is 1310. The smallest absolute Gasteiger partial charge is 0.339 e. The number of fused-ring (bicyclic) bond motifs is 1. The molecule has 4 aromatic rings. The van der Waals surface area contributed by atoms with E-state index in [1.165, 1.54) is 0 Å². The standard InChI is InChI=1S/C24H18N2O4/c1-15-8-7-13-19-21(15)25-20(26-23(19)28)14-30-24(29)18-12-6-5-11-17(18)22(27)16-9-3-2-4-10-16/h2-13H,14H2,1H3,(H,25,26,28). The van der Waals surface area contributed by atoms with Crippen LogP contribution >= 0.6 is 0 Å². The Balaban J connectivity index is 1.59. The van der Waals surface area contributed by atoms with Crippen molar-refractivity contribution in [3.8, 4) is 0 Å². The fourth-order valence-electron chi connectivity index (χ4n) is 3.24. The highest BCUT2D eigenvalue weighted by molar-refractivity contribution is 6.14. The van der Waals surface area contributed by atoms with Crippen molar-refractivity contribution in [1.82, 2.24) is 9.97 Å². The first-order chi connectivity index (χ1) is 14.5. The average Bonchev–Trinajstić information content (AvgIpc) is 2.78. The number of H-pyrrole nitrogens is 1. The molecule has 1 heterocycles. The van der Waals surface area contributed by atoms with E-state index in [4.69, 9.17) is 4.74 Å². The second kappa shape index (κ2) is 8.13. The lowest BCUT2D eigenvalue weighted by Gasteiger charge is -2.10. The normalized spacial score (nSPS) is 10.7. The Labute approximate surface area is 172 Å². The van der Waals surface area contributed by atoms with Gasteiger partial charge in [-0.25, -0.2) is 9.78 Å². The van der Waals surface area contributed by atoms with Crippen molar-refractivity contribution in [3.63, 3.8) is 0 Å². The first kappa shape index (κ1) is 19.3. The van der Waals surface area contributed by atoms with E-state index in [0.29, 0.717) is 16.5 Å². The van der Waals surface area contributed by atoms with E-state index in [0.717, 1.165) is 5.56 Å². The molecule has 0 bridgehead atoms. The molecule has 30 heavy (non-hydrogen) atoms. The minimum Gasteiger partial charge on any atom is -0.454 e. The maximum atomic E-state index is 12.8. The van der Waals surface area contributed by atoms with Crippen LogP contribution in [0.3, 0.4) is 0 Å². The predicted molar refractivity (Wildman–Crippen MR) is 113 cm³/mol. The SMILES string of the molecule is Cc1cccc2c(=O)[nH]c(COC(=O)c3ccccc3C(=O)c3ccccc3)nc12. The molecule has 1 N–H and O–H groups in total. The molecule has 0 radical (unpaired) electrons. The van der Waals surface area contributed by atoms with Gasteiger partial charge in [0.25, 0.3) is 5.56 Å². The molecule has 148 valence electrons. The van der Waals surface area contributed by atoms with Crippen molar-refractivity contribution in [3.05, 3.63) is 111 Å². The van der Waals surface area contributed by atoms with Crippen LogP contribution in [-0.4, -0.2) is 21.7 Å². The van der Waals surface area contributed by atoms with Crippen molar-refractivity contribution in [2.45, 2.75) is 13.5 Å². The Hall–Kier alpha value is -4.06. The molecule has 0 aliphatic rings. The minimum atomic E-state index is -0.664. The van der Waals surface area contributed by atoms with Crippen molar-refractivity contribution < 1.29 is 14.3 Å². The van der Waals surface area contributed by atoms with E-state index >= 15 is 0 Å². The van der Waals surface area contributed by atoms with E-state index < -0.39 is 5.97 Å². The highest BCUT2D eigenvalue weighted by atomic mass is 16.5. The second-order valence-corrected chi connectivity index (χ2v) is 6.80. The number of esters is 1. The summed E-state index contributed by atoms with van der Waals surface area (Å²) >= 11 is 0. The molecule has 6 nitrogen and oxygen atoms in total. The molecular formula is C24H18N2O4. The molecule has 0 aliphatic heterocycles. The largest absolute Gasteiger partial charge is 0.454 e. The molecule has 1 aromatic heterocycles. The number of para-hydroxylation sites is 1.